The number of aryl methyl sites for hydroxylation is 2. The maximum Gasteiger partial charge on any atom is 0.270 e. The van der Waals surface area contributed by atoms with E-state index in [1.807, 2.05) is 0 Å². The Bertz CT molecular complexity index is 1370. The van der Waals surface area contributed by atoms with Crippen LogP contribution in [0.25, 0.3) is 6.08 Å². The molecular formula is C21H19N5O5S2. The van der Waals surface area contributed by atoms with Crippen molar-refractivity contribution in [3.63, 3.8) is 0 Å². The summed E-state index contributed by atoms with van der Waals surface area (Å²) in [7, 11) is -3.84. The molecule has 1 aliphatic rings. The fourth-order valence-electron chi connectivity index (χ4n) is 3.48. The standard InChI is InChI=1S/C21H19N5O5S2/c1-14-22-23-21(32-14)24-33(30,31)18-8-9-19-16(13-18)5-3-11-25(19)20(27)10-7-15-4-2-6-17(12-15)26(28)29/h2,4,6-10,12-13H,3,5,11H2,1H3,(H,23,24)/b10-7+. The number of non-ortho nitro benzene ring substituents is 1. The van der Waals surface area contributed by atoms with Crippen LogP contribution in [0.5, 0.6) is 0 Å². The first-order valence-electron chi connectivity index (χ1n) is 9.93. The van der Waals surface area contributed by atoms with E-state index in [0.29, 0.717) is 35.6 Å². The summed E-state index contributed by atoms with van der Waals surface area (Å²) in [4.78, 5) is 24.9. The van der Waals surface area contributed by atoms with Crippen LogP contribution < -0.4 is 9.62 Å². The number of hydrogen-bond acceptors (Lipinski definition) is 8. The van der Waals surface area contributed by atoms with Crippen LogP contribution in [0.4, 0.5) is 16.5 Å². The monoisotopic (exact) mass is 485 g/mol. The van der Waals surface area contributed by atoms with E-state index < -0.39 is 14.9 Å². The molecule has 0 bridgehead atoms. The zero-order valence-corrected chi connectivity index (χ0v) is 19.1. The van der Waals surface area contributed by atoms with Gasteiger partial charge in [0.2, 0.25) is 5.13 Å². The number of amides is 1. The predicted octanol–water partition coefficient (Wildman–Crippen LogP) is 3.55. The number of nitro groups is 1. The Kier molecular flexibility index (Phi) is 6.20. The smallest absolute Gasteiger partial charge is 0.270 e. The van der Waals surface area contributed by atoms with E-state index in [2.05, 4.69) is 14.9 Å². The molecule has 12 heteroatoms. The van der Waals surface area contributed by atoms with E-state index in [0.717, 1.165) is 16.9 Å². The molecule has 1 N–H and O–H groups in total. The molecule has 170 valence electrons. The first-order chi connectivity index (χ1) is 15.7. The van der Waals surface area contributed by atoms with Crippen molar-refractivity contribution in [3.8, 4) is 0 Å². The summed E-state index contributed by atoms with van der Waals surface area (Å²) in [5, 5.41) is 19.4. The lowest BCUT2D eigenvalue weighted by atomic mass is 10.0. The highest BCUT2D eigenvalue weighted by molar-refractivity contribution is 7.93. The van der Waals surface area contributed by atoms with Gasteiger partial charge in [0.25, 0.3) is 21.6 Å². The number of nitrogens with zero attached hydrogens (tertiary/aromatic N) is 4. The average molecular weight is 486 g/mol. The second-order valence-corrected chi connectivity index (χ2v) is 10.2. The molecule has 1 aromatic heterocycles. The Morgan fingerprint density at radius 2 is 2.06 bits per heavy atom. The van der Waals surface area contributed by atoms with Crippen molar-refractivity contribution in [2.45, 2.75) is 24.7 Å². The second-order valence-electron chi connectivity index (χ2n) is 7.30. The van der Waals surface area contributed by atoms with Gasteiger partial charge in [0.15, 0.2) is 0 Å². The molecule has 0 atom stereocenters. The minimum absolute atomic E-state index is 0.0565. The van der Waals surface area contributed by atoms with E-state index in [1.54, 1.807) is 36.1 Å². The molecule has 0 unspecified atom stereocenters. The van der Waals surface area contributed by atoms with Crippen LogP contribution >= 0.6 is 11.3 Å². The Hall–Kier alpha value is -3.64. The van der Waals surface area contributed by atoms with Crippen molar-refractivity contribution in [1.82, 2.24) is 10.2 Å². The van der Waals surface area contributed by atoms with Crippen LogP contribution in [0, 0.1) is 17.0 Å². The van der Waals surface area contributed by atoms with E-state index in [1.165, 1.54) is 30.4 Å². The van der Waals surface area contributed by atoms with Crippen molar-refractivity contribution < 1.29 is 18.1 Å². The summed E-state index contributed by atoms with van der Waals surface area (Å²) in [5.74, 6) is -0.291. The molecule has 0 saturated carbocycles. The minimum atomic E-state index is -3.84. The van der Waals surface area contributed by atoms with Crippen LogP contribution in [-0.4, -0.2) is 36.0 Å². The van der Waals surface area contributed by atoms with Gasteiger partial charge in [-0.25, -0.2) is 8.42 Å². The minimum Gasteiger partial charge on any atom is -0.309 e. The third-order valence-corrected chi connectivity index (χ3v) is 7.21. The molecule has 0 aliphatic carbocycles. The van der Waals surface area contributed by atoms with Crippen LogP contribution in [-0.2, 0) is 21.2 Å². The van der Waals surface area contributed by atoms with E-state index in [4.69, 9.17) is 0 Å². The third kappa shape index (κ3) is 5.07. The number of rotatable bonds is 6. The molecule has 10 nitrogen and oxygen atoms in total. The number of sulfonamides is 1. The number of nitro benzene ring substituents is 1. The van der Waals surface area contributed by atoms with Gasteiger partial charge in [-0.2, -0.15) is 0 Å². The Labute approximate surface area is 193 Å². The van der Waals surface area contributed by atoms with Crippen molar-refractivity contribution in [2.24, 2.45) is 0 Å². The summed E-state index contributed by atoms with van der Waals surface area (Å²) in [6.07, 6.45) is 4.19. The number of aromatic nitrogens is 2. The fraction of sp³-hybridized carbons (Fsp3) is 0.190. The fourth-order valence-corrected chi connectivity index (χ4v) is 5.35. The lowest BCUT2D eigenvalue weighted by Crippen LogP contribution is -2.34. The summed E-state index contributed by atoms with van der Waals surface area (Å²) in [6, 6.07) is 10.6. The number of hydrogen-bond donors (Lipinski definition) is 1. The lowest BCUT2D eigenvalue weighted by Gasteiger charge is -2.29. The number of carbonyl (C=O) groups is 1. The molecular weight excluding hydrogens is 466 g/mol. The maximum absolute atomic E-state index is 12.8. The topological polar surface area (TPSA) is 135 Å². The second kappa shape index (κ2) is 9.08. The molecule has 0 spiro atoms. The molecule has 0 radical (unpaired) electrons. The zero-order valence-electron chi connectivity index (χ0n) is 17.5. The van der Waals surface area contributed by atoms with Crippen molar-refractivity contribution in [1.29, 1.82) is 0 Å². The van der Waals surface area contributed by atoms with Gasteiger partial charge < -0.3 is 4.90 Å². The summed E-state index contributed by atoms with van der Waals surface area (Å²) < 4.78 is 27.9. The Morgan fingerprint density at radius 3 is 2.79 bits per heavy atom. The molecule has 0 fully saturated rings. The highest BCUT2D eigenvalue weighted by Crippen LogP contribution is 2.31. The molecule has 2 aromatic carbocycles. The molecule has 2 heterocycles. The SMILES string of the molecule is Cc1nnc(NS(=O)(=O)c2ccc3c(c2)CCCN3C(=O)/C=C/c2cccc([N+](=O)[O-])c2)s1. The normalized spacial score (nSPS) is 13.7. The first kappa shape index (κ1) is 22.6. The van der Waals surface area contributed by atoms with E-state index in [-0.39, 0.29) is 21.6 Å². The maximum atomic E-state index is 12.8. The largest absolute Gasteiger partial charge is 0.309 e. The number of benzene rings is 2. The Balaban J connectivity index is 1.55. The van der Waals surface area contributed by atoms with E-state index in [9.17, 15) is 23.3 Å². The van der Waals surface area contributed by atoms with Crippen LogP contribution in [0.1, 0.15) is 22.6 Å². The average Bonchev–Trinajstić information content (AvgIpc) is 3.20. The summed E-state index contributed by atoms with van der Waals surface area (Å²) in [5.41, 5.74) is 1.86. The molecule has 1 aliphatic heterocycles. The molecule has 4 rings (SSSR count). The highest BCUT2D eigenvalue weighted by atomic mass is 32.2. The number of anilines is 2. The van der Waals surface area contributed by atoms with Gasteiger partial charge in [0.05, 0.1) is 9.82 Å². The van der Waals surface area contributed by atoms with Gasteiger partial charge >= 0.3 is 0 Å². The third-order valence-electron chi connectivity index (χ3n) is 4.99. The van der Waals surface area contributed by atoms with Crippen molar-refractivity contribution in [3.05, 3.63) is 74.8 Å². The van der Waals surface area contributed by atoms with Crippen molar-refractivity contribution in [2.75, 3.05) is 16.2 Å². The van der Waals surface area contributed by atoms with Crippen LogP contribution in [0.3, 0.4) is 0 Å². The quantitative estimate of drug-likeness (QED) is 0.320. The summed E-state index contributed by atoms with van der Waals surface area (Å²) >= 11 is 1.14. The van der Waals surface area contributed by atoms with Gasteiger partial charge in [0, 0.05) is 30.4 Å². The number of nitrogens with one attached hydrogen (secondary N) is 1. The van der Waals surface area contributed by atoms with Gasteiger partial charge in [-0.1, -0.05) is 23.5 Å². The van der Waals surface area contributed by atoms with Gasteiger partial charge in [-0.05, 0) is 55.2 Å². The Morgan fingerprint density at radius 1 is 1.24 bits per heavy atom. The number of fused-ring (bicyclic) bond motifs is 1. The van der Waals surface area contributed by atoms with Gasteiger partial charge in [0.1, 0.15) is 5.01 Å². The molecule has 3 aromatic rings. The summed E-state index contributed by atoms with van der Waals surface area (Å²) in [6.45, 7) is 2.22. The van der Waals surface area contributed by atoms with Gasteiger partial charge in [-0.3, -0.25) is 19.6 Å². The van der Waals surface area contributed by atoms with Crippen molar-refractivity contribution >= 4 is 49.8 Å². The van der Waals surface area contributed by atoms with Gasteiger partial charge in [-0.15, -0.1) is 10.2 Å². The van der Waals surface area contributed by atoms with Crippen LogP contribution in [0.2, 0.25) is 0 Å². The lowest BCUT2D eigenvalue weighted by molar-refractivity contribution is -0.384. The molecule has 0 saturated heterocycles. The number of carbonyl (C=O) groups excluding carboxylic acids is 1. The predicted molar refractivity (Wildman–Crippen MR) is 125 cm³/mol. The molecule has 33 heavy (non-hydrogen) atoms. The zero-order chi connectivity index (χ0) is 23.6. The highest BCUT2D eigenvalue weighted by Gasteiger charge is 2.24. The van der Waals surface area contributed by atoms with Crippen LogP contribution in [0.15, 0.2) is 53.4 Å². The first-order valence-corrected chi connectivity index (χ1v) is 12.2. The molecule has 1 amide bonds. The van der Waals surface area contributed by atoms with E-state index >= 15 is 0 Å².